The maximum absolute atomic E-state index is 13.0. The maximum Gasteiger partial charge on any atom is 0.264 e. The summed E-state index contributed by atoms with van der Waals surface area (Å²) in [4.78, 5) is 12.7. The molecule has 3 aromatic rings. The van der Waals surface area contributed by atoms with E-state index in [9.17, 15) is 13.2 Å². The zero-order valence-electron chi connectivity index (χ0n) is 17.8. The number of rotatable bonds is 8. The third kappa shape index (κ3) is 5.44. The molecule has 1 N–H and O–H groups in total. The number of anilines is 1. The number of amides is 1. The summed E-state index contributed by atoms with van der Waals surface area (Å²) in [6.45, 7) is 4.77. The van der Waals surface area contributed by atoms with Crippen LogP contribution in [-0.2, 0) is 16.6 Å². The van der Waals surface area contributed by atoms with Gasteiger partial charge in [0, 0.05) is 19.2 Å². The molecule has 0 saturated carbocycles. The van der Waals surface area contributed by atoms with E-state index in [1.165, 1.54) is 23.5 Å². The molecule has 0 aliphatic heterocycles. The summed E-state index contributed by atoms with van der Waals surface area (Å²) in [5, 5.41) is 2.82. The molecular weight excluding hydrogens is 412 g/mol. The van der Waals surface area contributed by atoms with Crippen molar-refractivity contribution in [2.75, 3.05) is 18.0 Å². The number of hydrogen-bond donors (Lipinski definition) is 1. The molecule has 162 valence electrons. The second-order valence-corrected chi connectivity index (χ2v) is 9.06. The molecule has 0 aromatic heterocycles. The van der Waals surface area contributed by atoms with Gasteiger partial charge in [0.25, 0.3) is 15.9 Å². The summed E-state index contributed by atoms with van der Waals surface area (Å²) in [5.41, 5.74) is 2.79. The van der Waals surface area contributed by atoms with E-state index < -0.39 is 10.0 Å². The fourth-order valence-electron chi connectivity index (χ4n) is 3.00. The zero-order chi connectivity index (χ0) is 22.4. The van der Waals surface area contributed by atoms with Gasteiger partial charge in [-0.15, -0.1) is 0 Å². The molecule has 0 aliphatic rings. The number of nitrogens with one attached hydrogen (secondary N) is 1. The third-order valence-electron chi connectivity index (χ3n) is 4.84. The Balaban J connectivity index is 1.72. The molecule has 0 aliphatic carbocycles. The van der Waals surface area contributed by atoms with E-state index in [4.69, 9.17) is 4.74 Å². The summed E-state index contributed by atoms with van der Waals surface area (Å²) in [6.07, 6.45) is 0. The number of benzene rings is 3. The first-order valence-corrected chi connectivity index (χ1v) is 11.4. The monoisotopic (exact) mass is 438 g/mol. The minimum Gasteiger partial charge on any atom is -0.494 e. The first kappa shape index (κ1) is 22.4. The molecule has 6 nitrogen and oxygen atoms in total. The fraction of sp³-hybridized carbons (Fsp3) is 0.208. The number of carbonyl (C=O) groups excluding carboxylic acids is 1. The van der Waals surface area contributed by atoms with E-state index >= 15 is 0 Å². The molecule has 7 heteroatoms. The third-order valence-corrected chi connectivity index (χ3v) is 6.62. The number of carbonyl (C=O) groups is 1. The molecule has 3 rings (SSSR count). The Morgan fingerprint density at radius 1 is 1.00 bits per heavy atom. The van der Waals surface area contributed by atoms with Gasteiger partial charge in [0.2, 0.25) is 0 Å². The van der Waals surface area contributed by atoms with Crippen molar-refractivity contribution < 1.29 is 17.9 Å². The van der Waals surface area contributed by atoms with Gasteiger partial charge in [-0.2, -0.15) is 0 Å². The van der Waals surface area contributed by atoms with Gasteiger partial charge >= 0.3 is 0 Å². The number of hydrogen-bond acceptors (Lipinski definition) is 4. The normalized spacial score (nSPS) is 11.1. The van der Waals surface area contributed by atoms with Crippen LogP contribution in [0.1, 0.15) is 28.4 Å². The average Bonchev–Trinajstić information content (AvgIpc) is 2.78. The lowest BCUT2D eigenvalue weighted by atomic mass is 10.2. The molecule has 0 atom stereocenters. The van der Waals surface area contributed by atoms with E-state index in [2.05, 4.69) is 5.32 Å². The van der Waals surface area contributed by atoms with Crippen LogP contribution in [0.3, 0.4) is 0 Å². The molecule has 1 amide bonds. The fourth-order valence-corrected chi connectivity index (χ4v) is 4.25. The largest absolute Gasteiger partial charge is 0.494 e. The van der Waals surface area contributed by atoms with E-state index in [-0.39, 0.29) is 16.4 Å². The molecular formula is C24H26N2O4S. The van der Waals surface area contributed by atoms with Gasteiger partial charge in [-0.1, -0.05) is 35.9 Å². The number of nitrogens with zero attached hydrogens (tertiary/aromatic N) is 1. The van der Waals surface area contributed by atoms with Crippen LogP contribution < -0.4 is 14.4 Å². The maximum atomic E-state index is 13.0. The molecule has 0 radical (unpaired) electrons. The minimum absolute atomic E-state index is 0.0595. The van der Waals surface area contributed by atoms with E-state index in [0.717, 1.165) is 16.9 Å². The molecule has 0 bridgehead atoms. The SMILES string of the molecule is CCOc1ccc(CNC(=O)c2cccc(S(=O)(=O)N(C)c3ccc(C)cc3)c2)cc1. The van der Waals surface area contributed by atoms with Crippen LogP contribution in [0.4, 0.5) is 5.69 Å². The van der Waals surface area contributed by atoms with Crippen molar-refractivity contribution >= 4 is 21.6 Å². The lowest BCUT2D eigenvalue weighted by Gasteiger charge is -2.20. The van der Waals surface area contributed by atoms with Crippen LogP contribution in [0.5, 0.6) is 5.75 Å². The highest BCUT2D eigenvalue weighted by molar-refractivity contribution is 7.92. The predicted octanol–water partition coefficient (Wildman–Crippen LogP) is 4.15. The molecule has 3 aromatic carbocycles. The van der Waals surface area contributed by atoms with Crippen molar-refractivity contribution in [1.82, 2.24) is 5.32 Å². The van der Waals surface area contributed by atoms with E-state index in [1.807, 2.05) is 50.2 Å². The lowest BCUT2D eigenvalue weighted by Crippen LogP contribution is -2.27. The summed E-state index contributed by atoms with van der Waals surface area (Å²) < 4.78 is 32.7. The zero-order valence-corrected chi connectivity index (χ0v) is 18.6. The lowest BCUT2D eigenvalue weighted by molar-refractivity contribution is 0.0950. The number of sulfonamides is 1. The smallest absolute Gasteiger partial charge is 0.264 e. The number of ether oxygens (including phenoxy) is 1. The van der Waals surface area contributed by atoms with Crippen molar-refractivity contribution in [2.45, 2.75) is 25.3 Å². The standard InChI is InChI=1S/C24H26N2O4S/c1-4-30-22-14-10-19(11-15-22)17-25-24(27)20-6-5-7-23(16-20)31(28,29)26(3)21-12-8-18(2)9-13-21/h5-16H,4,17H2,1-3H3,(H,25,27). The summed E-state index contributed by atoms with van der Waals surface area (Å²) in [5.74, 6) is 0.428. The Bertz CT molecular complexity index is 1140. The van der Waals surface area contributed by atoms with Gasteiger partial charge in [0.15, 0.2) is 0 Å². The predicted molar refractivity (Wildman–Crippen MR) is 122 cm³/mol. The molecule has 0 fully saturated rings. The topological polar surface area (TPSA) is 75.7 Å². The molecule has 0 spiro atoms. The first-order chi connectivity index (χ1) is 14.8. The Kier molecular flexibility index (Phi) is 6.97. The molecule has 0 heterocycles. The van der Waals surface area contributed by atoms with Gasteiger partial charge < -0.3 is 10.1 Å². The van der Waals surface area contributed by atoms with Crippen LogP contribution in [0, 0.1) is 6.92 Å². The summed E-state index contributed by atoms with van der Waals surface area (Å²) in [6, 6.07) is 20.7. The van der Waals surface area contributed by atoms with Gasteiger partial charge in [0.1, 0.15) is 5.75 Å². The highest BCUT2D eigenvalue weighted by Crippen LogP contribution is 2.23. The van der Waals surface area contributed by atoms with Crippen LogP contribution >= 0.6 is 0 Å². The Labute approximate surface area is 183 Å². The van der Waals surface area contributed by atoms with Crippen LogP contribution in [0.2, 0.25) is 0 Å². The van der Waals surface area contributed by atoms with E-state index in [1.54, 1.807) is 24.3 Å². The molecule has 0 saturated heterocycles. The Hall–Kier alpha value is -3.32. The number of aryl methyl sites for hydroxylation is 1. The molecule has 0 unspecified atom stereocenters. The summed E-state index contributed by atoms with van der Waals surface area (Å²) >= 11 is 0. The van der Waals surface area contributed by atoms with Crippen LogP contribution in [0.25, 0.3) is 0 Å². The van der Waals surface area contributed by atoms with Crippen molar-refractivity contribution in [3.05, 3.63) is 89.5 Å². The van der Waals surface area contributed by atoms with Gasteiger partial charge in [0.05, 0.1) is 17.2 Å². The van der Waals surface area contributed by atoms with Crippen LogP contribution in [-0.4, -0.2) is 28.0 Å². The van der Waals surface area contributed by atoms with Gasteiger partial charge in [-0.25, -0.2) is 8.42 Å². The molecule has 31 heavy (non-hydrogen) atoms. The van der Waals surface area contributed by atoms with Gasteiger partial charge in [-0.05, 0) is 61.9 Å². The summed E-state index contributed by atoms with van der Waals surface area (Å²) in [7, 11) is -2.30. The van der Waals surface area contributed by atoms with Crippen molar-refractivity contribution in [1.29, 1.82) is 0 Å². The second kappa shape index (κ2) is 9.66. The highest BCUT2D eigenvalue weighted by Gasteiger charge is 2.22. The minimum atomic E-state index is -3.80. The highest BCUT2D eigenvalue weighted by atomic mass is 32.2. The second-order valence-electron chi connectivity index (χ2n) is 7.10. The quantitative estimate of drug-likeness (QED) is 0.573. The Morgan fingerprint density at radius 2 is 1.68 bits per heavy atom. The Morgan fingerprint density at radius 3 is 2.32 bits per heavy atom. The van der Waals surface area contributed by atoms with Gasteiger partial charge in [-0.3, -0.25) is 9.10 Å². The van der Waals surface area contributed by atoms with Crippen molar-refractivity contribution in [2.24, 2.45) is 0 Å². The average molecular weight is 439 g/mol. The van der Waals surface area contributed by atoms with Crippen LogP contribution in [0.15, 0.2) is 77.7 Å². The first-order valence-electron chi connectivity index (χ1n) is 9.97. The van der Waals surface area contributed by atoms with Crippen molar-refractivity contribution in [3.8, 4) is 5.75 Å². The van der Waals surface area contributed by atoms with E-state index in [0.29, 0.717) is 18.8 Å². The van der Waals surface area contributed by atoms with Crippen molar-refractivity contribution in [3.63, 3.8) is 0 Å².